The lowest BCUT2D eigenvalue weighted by Crippen LogP contribution is -2.27. The number of carbonyl (C=O) groups is 1. The monoisotopic (exact) mass is 327 g/mol. The van der Waals surface area contributed by atoms with Crippen molar-refractivity contribution in [2.45, 2.75) is 13.5 Å². The van der Waals surface area contributed by atoms with Gasteiger partial charge in [0.15, 0.2) is 0 Å². The second-order valence-electron chi connectivity index (χ2n) is 4.58. The highest BCUT2D eigenvalue weighted by atomic mass is 35.5. The van der Waals surface area contributed by atoms with Crippen molar-refractivity contribution in [1.82, 2.24) is 9.27 Å². The number of rotatable bonds is 4. The Hall–Kier alpha value is -1.66. The number of amides is 1. The van der Waals surface area contributed by atoms with Crippen LogP contribution in [0.1, 0.15) is 21.6 Å². The zero-order valence-corrected chi connectivity index (χ0v) is 13.5. The maximum Gasteiger partial charge on any atom is 0.258 e. The van der Waals surface area contributed by atoms with E-state index in [1.807, 2.05) is 0 Å². The Balaban J connectivity index is 2.26. The minimum atomic E-state index is -0.420. The van der Waals surface area contributed by atoms with Gasteiger partial charge >= 0.3 is 0 Å². The summed E-state index contributed by atoms with van der Waals surface area (Å²) in [6.07, 6.45) is 0. The molecule has 1 amide bonds. The van der Waals surface area contributed by atoms with Crippen LogP contribution in [0.15, 0.2) is 18.2 Å². The fourth-order valence-corrected chi connectivity index (χ4v) is 2.94. The largest absolute Gasteiger partial charge is 0.378 e. The Kier molecular flexibility index (Phi) is 4.80. The van der Waals surface area contributed by atoms with Crippen LogP contribution in [-0.2, 0) is 6.54 Å². The summed E-state index contributed by atoms with van der Waals surface area (Å²) < 4.78 is 18.0. The molecule has 0 saturated carbocycles. The molecule has 0 bridgehead atoms. The molecule has 0 aliphatic carbocycles. The van der Waals surface area contributed by atoms with E-state index in [0.717, 1.165) is 0 Å². The molecule has 2 aromatic rings. The van der Waals surface area contributed by atoms with Gasteiger partial charge in [-0.1, -0.05) is 17.7 Å². The Bertz CT molecular complexity index is 654. The molecule has 0 saturated heterocycles. The molecule has 0 radical (unpaired) electrons. The van der Waals surface area contributed by atoms with E-state index in [4.69, 9.17) is 11.6 Å². The van der Waals surface area contributed by atoms with E-state index in [9.17, 15) is 9.18 Å². The van der Waals surface area contributed by atoms with Crippen LogP contribution in [0, 0.1) is 12.7 Å². The summed E-state index contributed by atoms with van der Waals surface area (Å²) in [4.78, 5) is 14.0. The number of hydrogen-bond donors (Lipinski definition) is 1. The number of halogens is 2. The first kappa shape index (κ1) is 15.7. The van der Waals surface area contributed by atoms with Crippen LogP contribution in [0.2, 0.25) is 5.02 Å². The number of nitrogens with zero attached hydrogens (tertiary/aromatic N) is 2. The third-order valence-electron chi connectivity index (χ3n) is 3.11. The van der Waals surface area contributed by atoms with Crippen LogP contribution >= 0.6 is 23.1 Å². The van der Waals surface area contributed by atoms with Crippen molar-refractivity contribution in [3.8, 4) is 0 Å². The molecule has 1 aromatic heterocycles. The second-order valence-corrected chi connectivity index (χ2v) is 5.76. The SMILES string of the molecule is CNc1snc(C)c1C(=O)N(C)Cc1c(F)cccc1Cl. The van der Waals surface area contributed by atoms with Gasteiger partial charge in [0.25, 0.3) is 5.91 Å². The first-order chi connectivity index (χ1) is 9.95. The predicted octanol–water partition coefficient (Wildman–Crippen LogP) is 3.56. The lowest BCUT2D eigenvalue weighted by Gasteiger charge is -2.19. The van der Waals surface area contributed by atoms with Crippen LogP contribution in [0.3, 0.4) is 0 Å². The first-order valence-electron chi connectivity index (χ1n) is 6.28. The summed E-state index contributed by atoms with van der Waals surface area (Å²) in [5.41, 5.74) is 1.47. The van der Waals surface area contributed by atoms with E-state index in [0.29, 0.717) is 26.8 Å². The number of hydrogen-bond acceptors (Lipinski definition) is 4. The third-order valence-corrected chi connectivity index (χ3v) is 4.42. The molecule has 0 aliphatic heterocycles. The first-order valence-corrected chi connectivity index (χ1v) is 7.43. The lowest BCUT2D eigenvalue weighted by molar-refractivity contribution is 0.0784. The summed E-state index contributed by atoms with van der Waals surface area (Å²) in [5.74, 6) is -0.638. The maximum atomic E-state index is 13.8. The van der Waals surface area contributed by atoms with E-state index in [1.54, 1.807) is 27.1 Å². The van der Waals surface area contributed by atoms with Gasteiger partial charge in [0, 0.05) is 31.2 Å². The van der Waals surface area contributed by atoms with Gasteiger partial charge in [-0.15, -0.1) is 0 Å². The van der Waals surface area contributed by atoms with Crippen molar-refractivity contribution in [3.63, 3.8) is 0 Å². The Labute approximate surface area is 131 Å². The van der Waals surface area contributed by atoms with Gasteiger partial charge in [-0.05, 0) is 30.6 Å². The highest BCUT2D eigenvalue weighted by Crippen LogP contribution is 2.26. The number of benzene rings is 1. The Morgan fingerprint density at radius 1 is 1.52 bits per heavy atom. The average molecular weight is 328 g/mol. The van der Waals surface area contributed by atoms with Gasteiger partial charge in [0.2, 0.25) is 0 Å². The molecule has 0 spiro atoms. The van der Waals surface area contributed by atoms with Crippen molar-refractivity contribution >= 4 is 34.0 Å². The molecule has 0 fully saturated rings. The van der Waals surface area contributed by atoms with E-state index in [-0.39, 0.29) is 12.5 Å². The molecule has 21 heavy (non-hydrogen) atoms. The zero-order valence-electron chi connectivity index (χ0n) is 11.9. The van der Waals surface area contributed by atoms with Crippen LogP contribution < -0.4 is 5.32 Å². The summed E-state index contributed by atoms with van der Waals surface area (Å²) in [6, 6.07) is 4.47. The third kappa shape index (κ3) is 3.16. The molecule has 7 heteroatoms. The topological polar surface area (TPSA) is 45.2 Å². The van der Waals surface area contributed by atoms with Crippen molar-refractivity contribution < 1.29 is 9.18 Å². The number of nitrogens with one attached hydrogen (secondary N) is 1. The summed E-state index contributed by atoms with van der Waals surface area (Å²) in [7, 11) is 3.35. The standard InChI is InChI=1S/C14H15ClFN3OS/c1-8-12(13(17-2)21-18-8)14(20)19(3)7-9-10(15)5-4-6-11(9)16/h4-6,17H,7H2,1-3H3. The molecular formula is C14H15ClFN3OS. The molecule has 0 atom stereocenters. The summed E-state index contributed by atoms with van der Waals surface area (Å²) in [5, 5.41) is 3.95. The van der Waals surface area contributed by atoms with E-state index in [2.05, 4.69) is 9.69 Å². The zero-order chi connectivity index (χ0) is 15.6. The smallest absolute Gasteiger partial charge is 0.258 e. The van der Waals surface area contributed by atoms with Gasteiger partial charge in [0.1, 0.15) is 10.8 Å². The quantitative estimate of drug-likeness (QED) is 0.934. The molecule has 2 rings (SSSR count). The molecule has 1 N–H and O–H groups in total. The van der Waals surface area contributed by atoms with Crippen LogP contribution in [-0.4, -0.2) is 29.3 Å². The Morgan fingerprint density at radius 3 is 2.86 bits per heavy atom. The van der Waals surface area contributed by atoms with Crippen molar-refractivity contribution in [1.29, 1.82) is 0 Å². The van der Waals surface area contributed by atoms with Crippen molar-refractivity contribution in [2.75, 3.05) is 19.4 Å². The highest BCUT2D eigenvalue weighted by molar-refractivity contribution is 7.10. The van der Waals surface area contributed by atoms with Crippen LogP contribution in [0.4, 0.5) is 9.39 Å². The summed E-state index contributed by atoms with van der Waals surface area (Å²) in [6.45, 7) is 1.87. The lowest BCUT2D eigenvalue weighted by atomic mass is 10.1. The second kappa shape index (κ2) is 6.41. The van der Waals surface area contributed by atoms with Crippen molar-refractivity contribution in [2.24, 2.45) is 0 Å². The van der Waals surface area contributed by atoms with E-state index in [1.165, 1.54) is 28.6 Å². The minimum Gasteiger partial charge on any atom is -0.378 e. The molecule has 1 aromatic carbocycles. The van der Waals surface area contributed by atoms with Gasteiger partial charge < -0.3 is 10.2 Å². The highest BCUT2D eigenvalue weighted by Gasteiger charge is 2.22. The van der Waals surface area contributed by atoms with Gasteiger partial charge in [-0.2, -0.15) is 4.37 Å². The van der Waals surface area contributed by atoms with Crippen LogP contribution in [0.25, 0.3) is 0 Å². The number of anilines is 1. The fraction of sp³-hybridized carbons (Fsp3) is 0.286. The fourth-order valence-electron chi connectivity index (χ4n) is 1.98. The van der Waals surface area contributed by atoms with Gasteiger partial charge in [0.05, 0.1) is 11.3 Å². The molecule has 0 aliphatic rings. The number of aryl methyl sites for hydroxylation is 1. The molecule has 112 valence electrons. The van der Waals surface area contributed by atoms with E-state index >= 15 is 0 Å². The minimum absolute atomic E-state index is 0.1000. The van der Waals surface area contributed by atoms with Gasteiger partial charge in [-0.3, -0.25) is 4.79 Å². The predicted molar refractivity (Wildman–Crippen MR) is 83.6 cm³/mol. The number of carbonyl (C=O) groups excluding carboxylic acids is 1. The maximum absolute atomic E-state index is 13.8. The molecule has 1 heterocycles. The van der Waals surface area contributed by atoms with Crippen LogP contribution in [0.5, 0.6) is 0 Å². The Morgan fingerprint density at radius 2 is 2.24 bits per heavy atom. The van der Waals surface area contributed by atoms with Gasteiger partial charge in [-0.25, -0.2) is 4.39 Å². The molecular weight excluding hydrogens is 313 g/mol. The molecule has 0 unspecified atom stereocenters. The van der Waals surface area contributed by atoms with E-state index < -0.39 is 5.82 Å². The normalized spacial score (nSPS) is 10.5. The molecule has 4 nitrogen and oxygen atoms in total. The summed E-state index contributed by atoms with van der Waals surface area (Å²) >= 11 is 7.22. The average Bonchev–Trinajstić information content (AvgIpc) is 2.83. The number of aromatic nitrogens is 1. The van der Waals surface area contributed by atoms with Crippen molar-refractivity contribution in [3.05, 3.63) is 45.9 Å².